The summed E-state index contributed by atoms with van der Waals surface area (Å²) in [6.07, 6.45) is 0. The third-order valence-electron chi connectivity index (χ3n) is 6.30. The summed E-state index contributed by atoms with van der Waals surface area (Å²) in [5.74, 6) is -0.826. The number of amides is 1. The summed E-state index contributed by atoms with van der Waals surface area (Å²) in [6.45, 7) is 6.12. The summed E-state index contributed by atoms with van der Waals surface area (Å²) in [4.78, 5) is 26.4. The van der Waals surface area contributed by atoms with Crippen LogP contribution in [0.3, 0.4) is 0 Å². The fourth-order valence-electron chi connectivity index (χ4n) is 4.04. The molecule has 0 heterocycles. The van der Waals surface area contributed by atoms with Crippen LogP contribution in [0, 0.1) is 0 Å². The number of fused-ring (bicyclic) bond motifs is 1. The molecule has 3 aromatic rings. The molecule has 0 radical (unpaired) electrons. The fourth-order valence-corrected chi connectivity index (χ4v) is 4.97. The van der Waals surface area contributed by atoms with Gasteiger partial charge in [-0.2, -0.15) is 0 Å². The van der Waals surface area contributed by atoms with E-state index in [0.29, 0.717) is 36.7 Å². The zero-order chi connectivity index (χ0) is 28.6. The number of carbonyl (C=O) groups excluding carboxylic acids is 1. The third-order valence-corrected chi connectivity index (χ3v) is 7.93. The molecule has 2 N–H and O–H groups in total. The normalized spacial score (nSPS) is 12.0. The van der Waals surface area contributed by atoms with Crippen LogP contribution in [0.15, 0.2) is 60.7 Å². The first kappa shape index (κ1) is 30.1. The van der Waals surface area contributed by atoms with Crippen LogP contribution < -0.4 is 10.1 Å². The first-order chi connectivity index (χ1) is 18.4. The van der Waals surface area contributed by atoms with Crippen LogP contribution in [0.5, 0.6) is 5.75 Å². The van der Waals surface area contributed by atoms with E-state index < -0.39 is 21.4 Å². The van der Waals surface area contributed by atoms with Gasteiger partial charge in [-0.3, -0.25) is 9.69 Å². The van der Waals surface area contributed by atoms with E-state index in [0.717, 1.165) is 16.3 Å². The molecular formula is C29H36N2O7S. The second-order valence-electron chi connectivity index (χ2n) is 9.81. The van der Waals surface area contributed by atoms with Crippen molar-refractivity contribution in [3.05, 3.63) is 71.8 Å². The van der Waals surface area contributed by atoms with Gasteiger partial charge < -0.3 is 19.9 Å². The summed E-state index contributed by atoms with van der Waals surface area (Å²) in [5.41, 5.74) is 0.886. The lowest BCUT2D eigenvalue weighted by atomic mass is 10.0. The number of carboxylic acids is 1. The number of carboxylic acid groups (broad SMARTS) is 1. The maximum absolute atomic E-state index is 13.1. The molecule has 10 heteroatoms. The highest BCUT2D eigenvalue weighted by Gasteiger charge is 2.29. The number of nitrogens with one attached hydrogen (secondary N) is 1. The first-order valence-electron chi connectivity index (χ1n) is 12.7. The Morgan fingerprint density at radius 2 is 1.67 bits per heavy atom. The predicted octanol–water partition coefficient (Wildman–Crippen LogP) is 4.10. The Bertz CT molecular complexity index is 1400. The summed E-state index contributed by atoms with van der Waals surface area (Å²) in [5, 5.41) is 13.8. The van der Waals surface area contributed by atoms with Gasteiger partial charge in [0.2, 0.25) is 5.91 Å². The Labute approximate surface area is 229 Å². The number of hydrogen-bond acceptors (Lipinski definition) is 7. The van der Waals surface area contributed by atoms with Crippen LogP contribution >= 0.6 is 0 Å². The topological polar surface area (TPSA) is 122 Å². The molecule has 0 saturated carbocycles. The number of nitrogens with zero attached hydrogens (tertiary/aromatic N) is 1. The maximum Gasteiger partial charge on any atom is 0.347 e. The Balaban J connectivity index is 1.73. The molecule has 0 fully saturated rings. The van der Waals surface area contributed by atoms with Gasteiger partial charge in [0, 0.05) is 37.0 Å². The number of hydrogen-bond donors (Lipinski definition) is 2. The molecular weight excluding hydrogens is 520 g/mol. The number of rotatable bonds is 14. The van der Waals surface area contributed by atoms with Gasteiger partial charge in [0.15, 0.2) is 15.4 Å². The zero-order valence-electron chi connectivity index (χ0n) is 22.8. The molecule has 0 spiro atoms. The molecule has 1 amide bonds. The summed E-state index contributed by atoms with van der Waals surface area (Å²) >= 11 is 0. The second-order valence-corrected chi connectivity index (χ2v) is 12.2. The maximum atomic E-state index is 13.1. The Hall–Kier alpha value is -3.47. The number of benzene rings is 3. The standard InChI is InChI=1S/C29H36N2O7S/c1-5-39(35,36)20-22-8-6-10-25-24(22)9-7-11-26(25)30-27(32)19-31(16-17-37-4)18-21-12-14-23(15-13-21)38-29(2,3)28(33)34/h6-15H,5,16-20H2,1-4H3,(H,30,32)(H,33,34). The van der Waals surface area contributed by atoms with E-state index >= 15 is 0 Å². The molecule has 210 valence electrons. The van der Waals surface area contributed by atoms with Crippen molar-refractivity contribution >= 4 is 38.2 Å². The average molecular weight is 557 g/mol. The van der Waals surface area contributed by atoms with E-state index in [9.17, 15) is 23.1 Å². The fraction of sp³-hybridized carbons (Fsp3) is 0.379. The molecule has 3 aromatic carbocycles. The van der Waals surface area contributed by atoms with Gasteiger partial charge in [0.25, 0.3) is 0 Å². The summed E-state index contributed by atoms with van der Waals surface area (Å²) < 4.78 is 35.2. The molecule has 0 aliphatic rings. The molecule has 0 aliphatic carbocycles. The Morgan fingerprint density at radius 1 is 1.00 bits per heavy atom. The molecule has 0 aliphatic heterocycles. The van der Waals surface area contributed by atoms with E-state index in [1.54, 1.807) is 50.4 Å². The third kappa shape index (κ3) is 8.51. The van der Waals surface area contributed by atoms with E-state index in [1.807, 2.05) is 29.2 Å². The first-order valence-corrected chi connectivity index (χ1v) is 14.5. The highest BCUT2D eigenvalue weighted by Crippen LogP contribution is 2.28. The monoisotopic (exact) mass is 556 g/mol. The van der Waals surface area contributed by atoms with Crippen molar-refractivity contribution in [2.45, 2.75) is 38.7 Å². The molecule has 0 atom stereocenters. The van der Waals surface area contributed by atoms with E-state index in [4.69, 9.17) is 9.47 Å². The minimum atomic E-state index is -3.21. The van der Waals surface area contributed by atoms with Gasteiger partial charge in [-0.25, -0.2) is 13.2 Å². The smallest absolute Gasteiger partial charge is 0.347 e. The van der Waals surface area contributed by atoms with E-state index in [1.165, 1.54) is 13.8 Å². The molecule has 0 saturated heterocycles. The van der Waals surface area contributed by atoms with Gasteiger partial charge in [-0.15, -0.1) is 0 Å². The molecule has 0 unspecified atom stereocenters. The minimum absolute atomic E-state index is 0.0549. The van der Waals surface area contributed by atoms with Crippen LogP contribution in [-0.4, -0.2) is 68.5 Å². The molecule has 0 aromatic heterocycles. The number of sulfone groups is 1. The van der Waals surface area contributed by atoms with Gasteiger partial charge >= 0.3 is 5.97 Å². The average Bonchev–Trinajstić information content (AvgIpc) is 2.88. The van der Waals surface area contributed by atoms with E-state index in [-0.39, 0.29) is 24.0 Å². The van der Waals surface area contributed by atoms with Crippen molar-refractivity contribution in [2.75, 3.05) is 37.9 Å². The van der Waals surface area contributed by atoms with Crippen molar-refractivity contribution in [2.24, 2.45) is 0 Å². The summed E-state index contributed by atoms with van der Waals surface area (Å²) in [7, 11) is -1.61. The Kier molecular flexibility index (Phi) is 10.1. The number of anilines is 1. The lowest BCUT2D eigenvalue weighted by molar-refractivity contribution is -0.152. The molecule has 3 rings (SSSR count). The van der Waals surface area contributed by atoms with Crippen LogP contribution in [0.4, 0.5) is 5.69 Å². The quantitative estimate of drug-likeness (QED) is 0.304. The number of carbonyl (C=O) groups is 2. The number of ether oxygens (including phenoxy) is 2. The van der Waals surface area contributed by atoms with Crippen LogP contribution in [0.1, 0.15) is 31.9 Å². The van der Waals surface area contributed by atoms with Gasteiger partial charge in [-0.05, 0) is 48.6 Å². The lowest BCUT2D eigenvalue weighted by Crippen LogP contribution is -2.37. The van der Waals surface area contributed by atoms with Crippen molar-refractivity contribution in [1.29, 1.82) is 0 Å². The largest absolute Gasteiger partial charge is 0.478 e. The second kappa shape index (κ2) is 13.1. The van der Waals surface area contributed by atoms with Crippen molar-refractivity contribution < 1.29 is 32.6 Å². The lowest BCUT2D eigenvalue weighted by Gasteiger charge is -2.23. The van der Waals surface area contributed by atoms with Gasteiger partial charge in [0.05, 0.1) is 18.9 Å². The highest BCUT2D eigenvalue weighted by molar-refractivity contribution is 7.90. The molecule has 39 heavy (non-hydrogen) atoms. The minimum Gasteiger partial charge on any atom is -0.478 e. The van der Waals surface area contributed by atoms with Gasteiger partial charge in [0.1, 0.15) is 5.75 Å². The SMILES string of the molecule is CCS(=O)(=O)Cc1cccc2c(NC(=O)CN(CCOC)Cc3ccc(OC(C)(C)C(=O)O)cc3)cccc12. The number of methoxy groups -OCH3 is 1. The van der Waals surface area contributed by atoms with Crippen LogP contribution in [0.25, 0.3) is 10.8 Å². The zero-order valence-corrected chi connectivity index (χ0v) is 23.6. The number of aliphatic carboxylic acids is 1. The van der Waals surface area contributed by atoms with Crippen LogP contribution in [-0.2, 0) is 36.5 Å². The van der Waals surface area contributed by atoms with Crippen molar-refractivity contribution in [3.8, 4) is 5.75 Å². The van der Waals surface area contributed by atoms with E-state index in [2.05, 4.69) is 5.32 Å². The van der Waals surface area contributed by atoms with Crippen molar-refractivity contribution in [1.82, 2.24) is 4.90 Å². The summed E-state index contributed by atoms with van der Waals surface area (Å²) in [6, 6.07) is 18.0. The molecule has 9 nitrogen and oxygen atoms in total. The predicted molar refractivity (Wildman–Crippen MR) is 152 cm³/mol. The van der Waals surface area contributed by atoms with Crippen LogP contribution in [0.2, 0.25) is 0 Å². The van der Waals surface area contributed by atoms with Crippen molar-refractivity contribution in [3.63, 3.8) is 0 Å². The molecule has 0 bridgehead atoms. The van der Waals surface area contributed by atoms with Gasteiger partial charge in [-0.1, -0.05) is 49.4 Å². The Morgan fingerprint density at radius 3 is 2.31 bits per heavy atom. The highest BCUT2D eigenvalue weighted by atomic mass is 32.2.